The van der Waals surface area contributed by atoms with Gasteiger partial charge in [-0.3, -0.25) is 10.1 Å². The zero-order valence-electron chi connectivity index (χ0n) is 16.6. The van der Waals surface area contributed by atoms with Crippen molar-refractivity contribution >= 4 is 29.9 Å². The second-order valence-electron chi connectivity index (χ2n) is 7.73. The van der Waals surface area contributed by atoms with Gasteiger partial charge in [0, 0.05) is 12.7 Å². The summed E-state index contributed by atoms with van der Waals surface area (Å²) in [6.07, 6.45) is 2.84. The fourth-order valence-electron chi connectivity index (χ4n) is 2.05. The molecule has 0 saturated carbocycles. The van der Waals surface area contributed by atoms with Crippen molar-refractivity contribution in [2.75, 3.05) is 20.3 Å². The van der Waals surface area contributed by atoms with E-state index in [-0.39, 0.29) is 16.5 Å². The molecule has 0 N–H and O–H groups in total. The van der Waals surface area contributed by atoms with Crippen molar-refractivity contribution in [2.45, 2.75) is 58.2 Å². The molecule has 0 spiro atoms. The maximum atomic E-state index is 11.1. The molecule has 148 valence electrons. The molecule has 0 bridgehead atoms. The van der Waals surface area contributed by atoms with Crippen molar-refractivity contribution in [3.05, 3.63) is 26.7 Å². The SMILES string of the molecule is COc1cc(Br)c(OCCCCCO[Si](C)(C)C(C)(C)C)cc1[N+](=O)[O-]. The highest BCUT2D eigenvalue weighted by Crippen LogP contribution is 2.38. The van der Waals surface area contributed by atoms with Crippen molar-refractivity contribution in [3.63, 3.8) is 0 Å². The quantitative estimate of drug-likeness (QED) is 0.192. The van der Waals surface area contributed by atoms with Gasteiger partial charge in [-0.15, -0.1) is 0 Å². The molecule has 0 aliphatic carbocycles. The van der Waals surface area contributed by atoms with Crippen molar-refractivity contribution in [2.24, 2.45) is 0 Å². The minimum absolute atomic E-state index is 0.103. The highest BCUT2D eigenvalue weighted by molar-refractivity contribution is 9.10. The van der Waals surface area contributed by atoms with Gasteiger partial charge < -0.3 is 13.9 Å². The van der Waals surface area contributed by atoms with E-state index in [9.17, 15) is 10.1 Å². The van der Waals surface area contributed by atoms with Crippen LogP contribution in [0.3, 0.4) is 0 Å². The molecule has 8 heteroatoms. The molecule has 1 aromatic rings. The van der Waals surface area contributed by atoms with Crippen molar-refractivity contribution in [1.82, 2.24) is 0 Å². The maximum Gasteiger partial charge on any atom is 0.314 e. The van der Waals surface area contributed by atoms with E-state index in [2.05, 4.69) is 49.8 Å². The minimum Gasteiger partial charge on any atom is -0.492 e. The topological polar surface area (TPSA) is 70.8 Å². The van der Waals surface area contributed by atoms with Gasteiger partial charge in [0.05, 0.1) is 29.2 Å². The number of methoxy groups -OCH3 is 1. The lowest BCUT2D eigenvalue weighted by Crippen LogP contribution is -2.40. The van der Waals surface area contributed by atoms with Gasteiger partial charge in [0.2, 0.25) is 0 Å². The number of halogens is 1. The first-order chi connectivity index (χ1) is 12.0. The normalized spacial score (nSPS) is 12.1. The van der Waals surface area contributed by atoms with Crippen molar-refractivity contribution < 1.29 is 18.8 Å². The van der Waals surface area contributed by atoms with Gasteiger partial charge in [-0.05, 0) is 53.3 Å². The van der Waals surface area contributed by atoms with Crippen LogP contribution in [-0.4, -0.2) is 33.6 Å². The Morgan fingerprint density at radius 2 is 1.73 bits per heavy atom. The highest BCUT2D eigenvalue weighted by Gasteiger charge is 2.36. The summed E-state index contributed by atoms with van der Waals surface area (Å²) >= 11 is 3.36. The Bertz CT molecular complexity index is 616. The number of nitro benzene ring substituents is 1. The lowest BCUT2D eigenvalue weighted by molar-refractivity contribution is -0.385. The molecule has 0 aliphatic rings. The molecule has 0 amide bonds. The number of hydrogen-bond donors (Lipinski definition) is 0. The molecule has 1 rings (SSSR count). The molecule has 0 aromatic heterocycles. The summed E-state index contributed by atoms with van der Waals surface area (Å²) < 4.78 is 17.5. The van der Waals surface area contributed by atoms with Crippen LogP contribution >= 0.6 is 15.9 Å². The van der Waals surface area contributed by atoms with Gasteiger partial charge in [-0.1, -0.05) is 20.8 Å². The van der Waals surface area contributed by atoms with Gasteiger partial charge in [-0.2, -0.15) is 0 Å². The lowest BCUT2D eigenvalue weighted by Gasteiger charge is -2.36. The van der Waals surface area contributed by atoms with E-state index in [1.165, 1.54) is 13.2 Å². The Hall–Kier alpha value is -1.12. The van der Waals surface area contributed by atoms with Crippen LogP contribution in [0.2, 0.25) is 18.1 Å². The monoisotopic (exact) mass is 447 g/mol. The molecule has 0 radical (unpaired) electrons. The summed E-state index contributed by atoms with van der Waals surface area (Å²) in [6.45, 7) is 12.5. The van der Waals surface area contributed by atoms with Gasteiger partial charge in [0.1, 0.15) is 5.75 Å². The molecular formula is C18H30BrNO5Si. The summed E-state index contributed by atoms with van der Waals surface area (Å²) in [6, 6.07) is 2.95. The van der Waals surface area contributed by atoms with Crippen LogP contribution in [-0.2, 0) is 4.43 Å². The number of rotatable bonds is 10. The molecule has 1 aromatic carbocycles. The number of hydrogen-bond acceptors (Lipinski definition) is 5. The Labute approximate surface area is 165 Å². The number of unbranched alkanes of at least 4 members (excludes halogenated alkanes) is 2. The zero-order chi connectivity index (χ0) is 20.0. The van der Waals surface area contributed by atoms with Crippen LogP contribution in [0.15, 0.2) is 16.6 Å². The molecule has 0 atom stereocenters. The summed E-state index contributed by atoms with van der Waals surface area (Å²) in [4.78, 5) is 10.6. The summed E-state index contributed by atoms with van der Waals surface area (Å²) in [7, 11) is -0.269. The van der Waals surface area contributed by atoms with Crippen LogP contribution in [0.25, 0.3) is 0 Å². The predicted molar refractivity (Wildman–Crippen MR) is 110 cm³/mol. The Morgan fingerprint density at radius 1 is 1.12 bits per heavy atom. The Balaban J connectivity index is 2.41. The van der Waals surface area contributed by atoms with Crippen LogP contribution in [0.1, 0.15) is 40.0 Å². The van der Waals surface area contributed by atoms with Gasteiger partial charge >= 0.3 is 5.69 Å². The van der Waals surface area contributed by atoms with E-state index >= 15 is 0 Å². The number of nitrogens with zero attached hydrogens (tertiary/aromatic N) is 1. The fraction of sp³-hybridized carbons (Fsp3) is 0.667. The second kappa shape index (κ2) is 9.71. The standard InChI is InChI=1S/C18H30BrNO5Si/c1-18(2,3)26(5,6)25-11-9-7-8-10-24-16-13-15(20(21)22)17(23-4)12-14(16)19/h12-13H,7-11H2,1-6H3. The Kier molecular flexibility index (Phi) is 8.56. The fourth-order valence-corrected chi connectivity index (χ4v) is 3.57. The van der Waals surface area contributed by atoms with Crippen molar-refractivity contribution in [3.8, 4) is 11.5 Å². The third-order valence-electron chi connectivity index (χ3n) is 4.75. The summed E-state index contributed by atoms with van der Waals surface area (Å²) in [5.41, 5.74) is -0.103. The summed E-state index contributed by atoms with van der Waals surface area (Å²) in [5, 5.41) is 11.3. The predicted octanol–water partition coefficient (Wildman–Crippen LogP) is 5.94. The molecule has 0 heterocycles. The average molecular weight is 448 g/mol. The second-order valence-corrected chi connectivity index (χ2v) is 13.4. The average Bonchev–Trinajstić information content (AvgIpc) is 2.53. The smallest absolute Gasteiger partial charge is 0.314 e. The van der Waals surface area contributed by atoms with Crippen molar-refractivity contribution in [1.29, 1.82) is 0 Å². The number of nitro groups is 1. The first kappa shape index (κ1) is 22.9. The third kappa shape index (κ3) is 6.55. The molecule has 6 nitrogen and oxygen atoms in total. The van der Waals surface area contributed by atoms with E-state index in [1.807, 2.05) is 0 Å². The number of ether oxygens (including phenoxy) is 2. The largest absolute Gasteiger partial charge is 0.492 e. The lowest BCUT2D eigenvalue weighted by atomic mass is 10.2. The minimum atomic E-state index is -1.67. The first-order valence-electron chi connectivity index (χ1n) is 8.78. The van der Waals surface area contributed by atoms with Gasteiger partial charge in [0.15, 0.2) is 14.1 Å². The van der Waals surface area contributed by atoms with E-state index in [1.54, 1.807) is 6.07 Å². The molecule has 26 heavy (non-hydrogen) atoms. The highest BCUT2D eigenvalue weighted by atomic mass is 79.9. The molecule has 0 aliphatic heterocycles. The summed E-state index contributed by atoms with van der Waals surface area (Å²) in [5.74, 6) is 0.659. The van der Waals surface area contributed by atoms with E-state index in [4.69, 9.17) is 13.9 Å². The van der Waals surface area contributed by atoms with Crippen LogP contribution in [0, 0.1) is 10.1 Å². The maximum absolute atomic E-state index is 11.1. The molecular weight excluding hydrogens is 418 g/mol. The molecule has 0 unspecified atom stereocenters. The third-order valence-corrected chi connectivity index (χ3v) is 9.90. The first-order valence-corrected chi connectivity index (χ1v) is 12.5. The van der Waals surface area contributed by atoms with E-state index < -0.39 is 13.2 Å². The van der Waals surface area contributed by atoms with Gasteiger partial charge in [-0.25, -0.2) is 0 Å². The van der Waals surface area contributed by atoms with E-state index in [0.29, 0.717) is 16.8 Å². The molecule has 0 saturated heterocycles. The molecule has 0 fully saturated rings. The van der Waals surface area contributed by atoms with E-state index in [0.717, 1.165) is 25.9 Å². The Morgan fingerprint density at radius 3 is 2.27 bits per heavy atom. The van der Waals surface area contributed by atoms with Crippen LogP contribution < -0.4 is 9.47 Å². The zero-order valence-corrected chi connectivity index (χ0v) is 19.1. The van der Waals surface area contributed by atoms with Crippen LogP contribution in [0.5, 0.6) is 11.5 Å². The number of benzene rings is 1. The van der Waals surface area contributed by atoms with Gasteiger partial charge in [0.25, 0.3) is 0 Å². The van der Waals surface area contributed by atoms with Crippen LogP contribution in [0.4, 0.5) is 5.69 Å².